The summed E-state index contributed by atoms with van der Waals surface area (Å²) in [4.78, 5) is 29.9. The van der Waals surface area contributed by atoms with Gasteiger partial charge in [0, 0.05) is 37.9 Å². The molecule has 0 aromatic heterocycles. The van der Waals surface area contributed by atoms with E-state index in [4.69, 9.17) is 0 Å². The van der Waals surface area contributed by atoms with Crippen LogP contribution in [0.2, 0.25) is 0 Å². The minimum absolute atomic E-state index is 0.0256. The summed E-state index contributed by atoms with van der Waals surface area (Å²) in [5.41, 5.74) is 3.19. The number of carbonyl (C=O) groups excluding carboxylic acids is 2. The first-order valence-electron chi connectivity index (χ1n) is 12.4. The van der Waals surface area contributed by atoms with E-state index < -0.39 is 0 Å². The monoisotopic (exact) mass is 440 g/mol. The first kappa shape index (κ1) is 23.2. The lowest BCUT2D eigenvalue weighted by Gasteiger charge is -2.38. The van der Waals surface area contributed by atoms with Crippen molar-refractivity contribution in [2.24, 2.45) is 17.8 Å². The molecule has 0 spiro atoms. The Kier molecular flexibility index (Phi) is 7.21. The number of fused-ring (bicyclic) bond motifs is 2. The van der Waals surface area contributed by atoms with E-state index in [1.807, 2.05) is 26.0 Å². The van der Waals surface area contributed by atoms with Crippen LogP contribution < -0.4 is 10.6 Å². The number of nitrogens with zero attached hydrogens (tertiary/aromatic N) is 2. The first-order chi connectivity index (χ1) is 15.3. The average molecular weight is 441 g/mol. The summed E-state index contributed by atoms with van der Waals surface area (Å²) in [5.74, 6) is 2.57. The second-order valence-electron chi connectivity index (χ2n) is 10.4. The molecule has 1 aromatic carbocycles. The number of piperazine rings is 1. The molecule has 176 valence electrons. The molecule has 4 rings (SSSR count). The third-order valence-corrected chi connectivity index (χ3v) is 8.38. The van der Waals surface area contributed by atoms with Crippen molar-refractivity contribution in [1.82, 2.24) is 15.1 Å². The van der Waals surface area contributed by atoms with E-state index in [1.165, 1.54) is 31.2 Å². The van der Waals surface area contributed by atoms with Crippen molar-refractivity contribution < 1.29 is 9.59 Å². The van der Waals surface area contributed by atoms with Crippen molar-refractivity contribution in [3.63, 3.8) is 0 Å². The van der Waals surface area contributed by atoms with Crippen LogP contribution in [0.3, 0.4) is 0 Å². The normalized spacial score (nSPS) is 27.8. The van der Waals surface area contributed by atoms with Gasteiger partial charge in [-0.3, -0.25) is 19.4 Å². The lowest BCUT2D eigenvalue weighted by Crippen LogP contribution is -2.56. The van der Waals surface area contributed by atoms with Crippen LogP contribution in [0, 0.1) is 31.6 Å². The molecule has 2 bridgehead atoms. The van der Waals surface area contributed by atoms with E-state index in [1.54, 1.807) is 0 Å². The highest BCUT2D eigenvalue weighted by Crippen LogP contribution is 2.49. The molecule has 2 amide bonds. The number of aryl methyl sites for hydroxylation is 1. The summed E-state index contributed by atoms with van der Waals surface area (Å²) in [6.45, 7) is 11.9. The fourth-order valence-corrected chi connectivity index (χ4v) is 6.11. The number of rotatable bonds is 7. The quantitative estimate of drug-likeness (QED) is 0.684. The Morgan fingerprint density at radius 3 is 2.47 bits per heavy atom. The molecule has 2 saturated carbocycles. The van der Waals surface area contributed by atoms with Gasteiger partial charge >= 0.3 is 0 Å². The highest BCUT2D eigenvalue weighted by Gasteiger charge is 2.42. The SMILES string of the molecule is Cc1cccc(NC(=O)CN2CCN(C(C)C(=O)NC(C)C3CC4CCC3C4)CC2)c1C. The molecule has 3 fully saturated rings. The number of hydrogen-bond donors (Lipinski definition) is 2. The van der Waals surface area contributed by atoms with Crippen LogP contribution >= 0.6 is 0 Å². The van der Waals surface area contributed by atoms with Crippen molar-refractivity contribution >= 4 is 17.5 Å². The van der Waals surface area contributed by atoms with Crippen molar-refractivity contribution in [3.05, 3.63) is 29.3 Å². The zero-order valence-electron chi connectivity index (χ0n) is 20.2. The van der Waals surface area contributed by atoms with Gasteiger partial charge in [0.15, 0.2) is 0 Å². The molecule has 32 heavy (non-hydrogen) atoms. The number of benzene rings is 1. The Bertz CT molecular complexity index is 833. The maximum atomic E-state index is 12.9. The van der Waals surface area contributed by atoms with Gasteiger partial charge in [-0.1, -0.05) is 18.6 Å². The first-order valence-corrected chi connectivity index (χ1v) is 12.4. The van der Waals surface area contributed by atoms with Crippen molar-refractivity contribution in [1.29, 1.82) is 0 Å². The van der Waals surface area contributed by atoms with Crippen molar-refractivity contribution in [2.45, 2.75) is 65.5 Å². The van der Waals surface area contributed by atoms with Gasteiger partial charge in [-0.15, -0.1) is 0 Å². The van der Waals surface area contributed by atoms with Gasteiger partial charge in [0.05, 0.1) is 12.6 Å². The lowest BCUT2D eigenvalue weighted by molar-refractivity contribution is -0.128. The summed E-state index contributed by atoms with van der Waals surface area (Å²) in [7, 11) is 0. The Labute approximate surface area is 193 Å². The molecule has 2 N–H and O–H groups in total. The molecular formula is C26H40N4O2. The smallest absolute Gasteiger partial charge is 0.238 e. The number of carbonyl (C=O) groups is 2. The molecule has 2 aliphatic carbocycles. The number of amides is 2. The Balaban J connectivity index is 1.20. The van der Waals surface area contributed by atoms with Gasteiger partial charge in [0.1, 0.15) is 0 Å². The third kappa shape index (κ3) is 5.18. The minimum atomic E-state index is -0.123. The molecule has 3 aliphatic rings. The van der Waals surface area contributed by atoms with Crippen LogP contribution in [0.25, 0.3) is 0 Å². The highest BCUT2D eigenvalue weighted by molar-refractivity contribution is 5.93. The van der Waals surface area contributed by atoms with Crippen LogP contribution in [-0.4, -0.2) is 66.4 Å². The summed E-state index contributed by atoms with van der Waals surface area (Å²) in [5, 5.41) is 6.38. The lowest BCUT2D eigenvalue weighted by atomic mass is 9.84. The van der Waals surface area contributed by atoms with E-state index >= 15 is 0 Å². The predicted molar refractivity (Wildman–Crippen MR) is 129 cm³/mol. The fraction of sp³-hybridized carbons (Fsp3) is 0.692. The van der Waals surface area contributed by atoms with Crippen molar-refractivity contribution in [2.75, 3.05) is 38.0 Å². The summed E-state index contributed by atoms with van der Waals surface area (Å²) < 4.78 is 0. The zero-order valence-corrected chi connectivity index (χ0v) is 20.2. The average Bonchev–Trinajstić information content (AvgIpc) is 3.41. The Hall–Kier alpha value is -1.92. The standard InChI is InChI=1S/C26H40N4O2/c1-17-6-5-7-24(18(17)2)28-25(31)16-29-10-12-30(13-11-29)20(4)26(32)27-19(3)23-15-21-8-9-22(23)14-21/h5-7,19-23H,8-16H2,1-4H3,(H,27,32)(H,28,31). The Morgan fingerprint density at radius 2 is 1.81 bits per heavy atom. The zero-order chi connectivity index (χ0) is 22.8. The van der Waals surface area contributed by atoms with Crippen LogP contribution in [0.5, 0.6) is 0 Å². The van der Waals surface area contributed by atoms with Crippen LogP contribution in [0.1, 0.15) is 50.7 Å². The third-order valence-electron chi connectivity index (χ3n) is 8.38. The molecule has 1 heterocycles. The number of nitrogens with one attached hydrogen (secondary N) is 2. The molecule has 0 radical (unpaired) electrons. The van der Waals surface area contributed by atoms with E-state index in [2.05, 4.69) is 40.3 Å². The van der Waals surface area contributed by atoms with Gasteiger partial charge in [-0.25, -0.2) is 0 Å². The molecule has 1 saturated heterocycles. The number of hydrogen-bond acceptors (Lipinski definition) is 4. The molecule has 6 heteroatoms. The fourth-order valence-electron chi connectivity index (χ4n) is 6.11. The molecule has 5 unspecified atom stereocenters. The van der Waals surface area contributed by atoms with Crippen LogP contribution in [-0.2, 0) is 9.59 Å². The van der Waals surface area contributed by atoms with Gasteiger partial charge in [-0.05, 0) is 81.9 Å². The summed E-state index contributed by atoms with van der Waals surface area (Å²) in [6, 6.07) is 6.13. The molecule has 6 nitrogen and oxygen atoms in total. The predicted octanol–water partition coefficient (Wildman–Crippen LogP) is 3.19. The van der Waals surface area contributed by atoms with Gasteiger partial charge in [0.25, 0.3) is 0 Å². The van der Waals surface area contributed by atoms with Gasteiger partial charge in [0.2, 0.25) is 11.8 Å². The van der Waals surface area contributed by atoms with Crippen LogP contribution in [0.15, 0.2) is 18.2 Å². The second kappa shape index (κ2) is 9.92. The summed E-state index contributed by atoms with van der Waals surface area (Å²) >= 11 is 0. The van der Waals surface area contributed by atoms with E-state index in [-0.39, 0.29) is 23.9 Å². The van der Waals surface area contributed by atoms with E-state index in [9.17, 15) is 9.59 Å². The van der Waals surface area contributed by atoms with Crippen molar-refractivity contribution in [3.8, 4) is 0 Å². The topological polar surface area (TPSA) is 64.7 Å². The second-order valence-corrected chi connectivity index (χ2v) is 10.4. The largest absolute Gasteiger partial charge is 0.352 e. The summed E-state index contributed by atoms with van der Waals surface area (Å²) in [6.07, 6.45) is 5.41. The molecule has 1 aromatic rings. The number of anilines is 1. The molecule has 5 atom stereocenters. The minimum Gasteiger partial charge on any atom is -0.352 e. The highest BCUT2D eigenvalue weighted by atomic mass is 16.2. The maximum Gasteiger partial charge on any atom is 0.238 e. The molecule has 1 aliphatic heterocycles. The van der Waals surface area contributed by atoms with E-state index in [0.717, 1.165) is 49.3 Å². The van der Waals surface area contributed by atoms with Gasteiger partial charge < -0.3 is 10.6 Å². The molecular weight excluding hydrogens is 400 g/mol. The van der Waals surface area contributed by atoms with Gasteiger partial charge in [-0.2, -0.15) is 0 Å². The van der Waals surface area contributed by atoms with E-state index in [0.29, 0.717) is 12.5 Å². The maximum absolute atomic E-state index is 12.9. The Morgan fingerprint density at radius 1 is 1.06 bits per heavy atom. The van der Waals surface area contributed by atoms with Crippen LogP contribution in [0.4, 0.5) is 5.69 Å².